The lowest BCUT2D eigenvalue weighted by atomic mass is 10.0. The summed E-state index contributed by atoms with van der Waals surface area (Å²) in [7, 11) is 1.52. The summed E-state index contributed by atoms with van der Waals surface area (Å²) < 4.78 is 5.16. The lowest BCUT2D eigenvalue weighted by Crippen LogP contribution is -2.46. The van der Waals surface area contributed by atoms with Gasteiger partial charge in [0, 0.05) is 43.8 Å². The van der Waals surface area contributed by atoms with Crippen LogP contribution in [0.2, 0.25) is 5.02 Å². The van der Waals surface area contributed by atoms with Crippen molar-refractivity contribution in [3.8, 4) is 0 Å². The molecule has 8 nitrogen and oxygen atoms in total. The molecule has 0 radical (unpaired) electrons. The van der Waals surface area contributed by atoms with E-state index in [0.717, 1.165) is 0 Å². The van der Waals surface area contributed by atoms with Crippen LogP contribution in [-0.4, -0.2) is 53.9 Å². The molecule has 32 heavy (non-hydrogen) atoms. The number of hydrogen-bond donors (Lipinski definition) is 2. The Labute approximate surface area is 193 Å². The van der Waals surface area contributed by atoms with Crippen molar-refractivity contribution in [2.24, 2.45) is 0 Å². The van der Waals surface area contributed by atoms with Crippen LogP contribution in [0.15, 0.2) is 48.7 Å². The molecule has 0 saturated heterocycles. The molecule has 9 heteroatoms. The van der Waals surface area contributed by atoms with Crippen molar-refractivity contribution in [1.29, 1.82) is 0 Å². The van der Waals surface area contributed by atoms with E-state index in [1.807, 2.05) is 13.8 Å². The number of methoxy groups -OCH3 is 1. The highest BCUT2D eigenvalue weighted by molar-refractivity contribution is 6.30. The number of carbonyl (C=O) groups excluding carboxylic acids is 3. The summed E-state index contributed by atoms with van der Waals surface area (Å²) in [5.74, 6) is -0.572. The van der Waals surface area contributed by atoms with Crippen molar-refractivity contribution >= 4 is 35.1 Å². The molecule has 1 atom stereocenters. The number of nitrogens with zero attached hydrogens (tertiary/aromatic N) is 2. The van der Waals surface area contributed by atoms with Crippen molar-refractivity contribution in [3.63, 3.8) is 0 Å². The molecule has 0 bridgehead atoms. The van der Waals surface area contributed by atoms with Crippen LogP contribution in [0, 0.1) is 0 Å². The van der Waals surface area contributed by atoms with Gasteiger partial charge in [-0.25, -0.2) is 4.98 Å². The molecule has 2 N–H and O–H groups in total. The standard InChI is InChI=1S/C23H29ClN4O4/c1-16(2)26-23(31)22(17-7-9-18(24)10-8-17)28(14-15-32-3)21(30)12-11-20(29)27-19-6-4-5-13-25-19/h4-10,13,16,22H,11-12,14-15H2,1-3H3,(H,26,31)(H,25,27,29)/t22-/m1/s1. The van der Waals surface area contributed by atoms with Crippen LogP contribution in [0.25, 0.3) is 0 Å². The first kappa shape index (κ1) is 25.3. The van der Waals surface area contributed by atoms with E-state index < -0.39 is 6.04 Å². The van der Waals surface area contributed by atoms with Crippen molar-refractivity contribution in [2.75, 3.05) is 25.6 Å². The maximum atomic E-state index is 13.1. The highest BCUT2D eigenvalue weighted by Crippen LogP contribution is 2.24. The number of carbonyl (C=O) groups is 3. The Morgan fingerprint density at radius 1 is 1.09 bits per heavy atom. The minimum Gasteiger partial charge on any atom is -0.383 e. The zero-order valence-electron chi connectivity index (χ0n) is 18.5. The number of nitrogens with one attached hydrogen (secondary N) is 2. The topological polar surface area (TPSA) is 101 Å². The van der Waals surface area contributed by atoms with Gasteiger partial charge in [0.2, 0.25) is 17.7 Å². The SMILES string of the molecule is COCCN(C(=O)CCC(=O)Nc1ccccn1)[C@@H](C(=O)NC(C)C)c1ccc(Cl)cc1. The van der Waals surface area contributed by atoms with Crippen LogP contribution in [-0.2, 0) is 19.1 Å². The molecule has 0 fully saturated rings. The van der Waals surface area contributed by atoms with Gasteiger partial charge in [0.1, 0.15) is 11.9 Å². The summed E-state index contributed by atoms with van der Waals surface area (Å²) in [5, 5.41) is 6.05. The van der Waals surface area contributed by atoms with Crippen molar-refractivity contribution in [1.82, 2.24) is 15.2 Å². The summed E-state index contributed by atoms with van der Waals surface area (Å²) in [6.45, 7) is 4.13. The Balaban J connectivity index is 2.19. The van der Waals surface area contributed by atoms with Crippen LogP contribution in [0.1, 0.15) is 38.3 Å². The monoisotopic (exact) mass is 460 g/mol. The first-order chi connectivity index (χ1) is 15.3. The number of amides is 3. The molecule has 0 spiro atoms. The number of halogens is 1. The van der Waals surface area contributed by atoms with Crippen molar-refractivity contribution < 1.29 is 19.1 Å². The Morgan fingerprint density at radius 2 is 1.81 bits per heavy atom. The lowest BCUT2D eigenvalue weighted by molar-refractivity contribution is -0.142. The molecule has 1 heterocycles. The summed E-state index contributed by atoms with van der Waals surface area (Å²) in [4.78, 5) is 44.0. The Hall–Kier alpha value is -2.97. The predicted octanol–water partition coefficient (Wildman–Crippen LogP) is 3.19. The van der Waals surface area contributed by atoms with Gasteiger partial charge in [0.25, 0.3) is 0 Å². The van der Waals surface area contributed by atoms with Crippen molar-refractivity contribution in [3.05, 3.63) is 59.2 Å². The first-order valence-electron chi connectivity index (χ1n) is 10.4. The van der Waals surface area contributed by atoms with E-state index in [1.165, 1.54) is 12.0 Å². The maximum Gasteiger partial charge on any atom is 0.247 e. The smallest absolute Gasteiger partial charge is 0.247 e. The number of ether oxygens (including phenoxy) is 1. The Bertz CT molecular complexity index is 891. The van der Waals surface area contributed by atoms with E-state index in [1.54, 1.807) is 48.7 Å². The van der Waals surface area contributed by atoms with Gasteiger partial charge in [-0.05, 0) is 43.7 Å². The normalized spacial score (nSPS) is 11.7. The predicted molar refractivity (Wildman–Crippen MR) is 123 cm³/mol. The molecule has 0 aliphatic carbocycles. The van der Waals surface area contributed by atoms with Crippen LogP contribution in [0.4, 0.5) is 5.82 Å². The van der Waals surface area contributed by atoms with E-state index in [9.17, 15) is 14.4 Å². The van der Waals surface area contributed by atoms with E-state index >= 15 is 0 Å². The molecule has 1 aromatic carbocycles. The van der Waals surface area contributed by atoms with Gasteiger partial charge in [-0.2, -0.15) is 0 Å². The Morgan fingerprint density at radius 3 is 2.41 bits per heavy atom. The quantitative estimate of drug-likeness (QED) is 0.536. The molecule has 0 saturated carbocycles. The third kappa shape index (κ3) is 7.94. The van der Waals surface area contributed by atoms with E-state index in [4.69, 9.17) is 16.3 Å². The zero-order chi connectivity index (χ0) is 23.5. The second-order valence-electron chi connectivity index (χ2n) is 7.46. The van der Waals surface area contributed by atoms with E-state index in [2.05, 4.69) is 15.6 Å². The van der Waals surface area contributed by atoms with Gasteiger partial charge in [-0.3, -0.25) is 14.4 Å². The van der Waals surface area contributed by atoms with Gasteiger partial charge < -0.3 is 20.3 Å². The number of benzene rings is 1. The highest BCUT2D eigenvalue weighted by atomic mass is 35.5. The molecular weight excluding hydrogens is 432 g/mol. The third-order valence-electron chi connectivity index (χ3n) is 4.53. The molecule has 3 amide bonds. The van der Waals surface area contributed by atoms with Gasteiger partial charge in [0.15, 0.2) is 0 Å². The van der Waals surface area contributed by atoms with Gasteiger partial charge in [0.05, 0.1) is 6.61 Å². The van der Waals surface area contributed by atoms with E-state index in [-0.39, 0.29) is 49.8 Å². The molecule has 0 aliphatic rings. The molecule has 0 aliphatic heterocycles. The minimum absolute atomic E-state index is 0.0436. The molecule has 2 rings (SSSR count). The molecule has 0 unspecified atom stereocenters. The minimum atomic E-state index is -0.879. The summed E-state index contributed by atoms with van der Waals surface area (Å²) in [6, 6.07) is 10.9. The van der Waals surface area contributed by atoms with Gasteiger partial charge in [-0.1, -0.05) is 29.8 Å². The maximum absolute atomic E-state index is 13.1. The fourth-order valence-electron chi connectivity index (χ4n) is 3.07. The molecule has 172 valence electrons. The fraction of sp³-hybridized carbons (Fsp3) is 0.391. The van der Waals surface area contributed by atoms with Crippen LogP contribution in [0.5, 0.6) is 0 Å². The number of hydrogen-bond acceptors (Lipinski definition) is 5. The van der Waals surface area contributed by atoms with Crippen molar-refractivity contribution in [2.45, 2.75) is 38.8 Å². The van der Waals surface area contributed by atoms with Gasteiger partial charge >= 0.3 is 0 Å². The second kappa shape index (κ2) is 12.8. The summed E-state index contributed by atoms with van der Waals surface area (Å²) in [6.07, 6.45) is 1.46. The van der Waals surface area contributed by atoms with Crippen LogP contribution >= 0.6 is 11.6 Å². The van der Waals surface area contributed by atoms with Crippen LogP contribution < -0.4 is 10.6 Å². The summed E-state index contributed by atoms with van der Waals surface area (Å²) >= 11 is 6.01. The number of aromatic nitrogens is 1. The Kier molecular flexibility index (Phi) is 10.1. The lowest BCUT2D eigenvalue weighted by Gasteiger charge is -2.32. The average Bonchev–Trinajstić information content (AvgIpc) is 2.76. The largest absolute Gasteiger partial charge is 0.383 e. The number of pyridine rings is 1. The second-order valence-corrected chi connectivity index (χ2v) is 7.90. The number of anilines is 1. The molecule has 1 aromatic heterocycles. The van der Waals surface area contributed by atoms with E-state index in [0.29, 0.717) is 16.4 Å². The number of rotatable bonds is 11. The fourth-order valence-corrected chi connectivity index (χ4v) is 3.20. The molecule has 2 aromatic rings. The first-order valence-corrected chi connectivity index (χ1v) is 10.7. The highest BCUT2D eigenvalue weighted by Gasteiger charge is 2.31. The molecular formula is C23H29ClN4O4. The third-order valence-corrected chi connectivity index (χ3v) is 4.78. The summed E-state index contributed by atoms with van der Waals surface area (Å²) in [5.41, 5.74) is 0.620. The van der Waals surface area contributed by atoms with Crippen LogP contribution in [0.3, 0.4) is 0 Å². The average molecular weight is 461 g/mol. The zero-order valence-corrected chi connectivity index (χ0v) is 19.3. The van der Waals surface area contributed by atoms with Gasteiger partial charge in [-0.15, -0.1) is 0 Å².